The third kappa shape index (κ3) is 2.12. The normalized spacial score (nSPS) is 14.4. The van der Waals surface area contributed by atoms with Crippen LogP contribution >= 0.6 is 0 Å². The Labute approximate surface area is 51.0 Å². The second-order valence-electron chi connectivity index (χ2n) is 2.48. The fraction of sp³-hybridized carbons (Fsp3) is 0.714. The Balaban J connectivity index is 4.03. The van der Waals surface area contributed by atoms with Crippen LogP contribution in [0.25, 0.3) is 0 Å². The first-order valence-electron chi connectivity index (χ1n) is 2.82. The molecule has 0 aliphatic carbocycles. The Morgan fingerprint density at radius 3 is 1.88 bits per heavy atom. The lowest BCUT2D eigenvalue weighted by Crippen LogP contribution is -2.17. The zero-order valence-corrected chi connectivity index (χ0v) is 5.99. The summed E-state index contributed by atoms with van der Waals surface area (Å²) >= 11 is 0. The highest BCUT2D eigenvalue weighted by Crippen LogP contribution is 2.13. The van der Waals surface area contributed by atoms with Gasteiger partial charge in [-0.1, -0.05) is 6.08 Å². The molecule has 8 heavy (non-hydrogen) atoms. The predicted molar refractivity (Wildman–Crippen MR) is 34.2 cm³/mol. The zero-order valence-electron chi connectivity index (χ0n) is 5.99. The van der Waals surface area contributed by atoms with Gasteiger partial charge in [0, 0.05) is 0 Å². The van der Waals surface area contributed by atoms with E-state index in [9.17, 15) is 5.11 Å². The quantitative estimate of drug-likeness (QED) is 0.464. The maximum atomic E-state index is 11.0. The fourth-order valence-electron chi connectivity index (χ4n) is 0.348. The van der Waals surface area contributed by atoms with Gasteiger partial charge in [0.2, 0.25) is 0 Å². The van der Waals surface area contributed by atoms with Gasteiger partial charge < -0.3 is 0 Å². The minimum Gasteiger partial charge on any atom is -0.225 e. The molecule has 1 radical (unpaired) electrons. The molecule has 0 spiro atoms. The van der Waals surface area contributed by atoms with Gasteiger partial charge in [-0.2, -0.15) is 0 Å². The highest BCUT2D eigenvalue weighted by Gasteiger charge is 2.15. The highest BCUT2D eigenvalue weighted by molar-refractivity contribution is 5.08. The summed E-state index contributed by atoms with van der Waals surface area (Å²) in [5.74, 6) is 0. The Bertz CT molecular complexity index is 95.4. The lowest BCUT2D eigenvalue weighted by atomic mass is 10.0. The summed E-state index contributed by atoms with van der Waals surface area (Å²) in [4.78, 5) is 0. The molecule has 0 aromatic carbocycles. The second-order valence-corrected chi connectivity index (χ2v) is 2.48. The Hall–Kier alpha value is -0.300. The number of rotatable bonds is 1. The molecule has 0 atom stereocenters. The van der Waals surface area contributed by atoms with E-state index in [4.69, 9.17) is 0 Å². The molecule has 0 saturated carbocycles. The SMILES string of the molecule is C/C=C(\C)C(C)(C)[O]. The first-order valence-corrected chi connectivity index (χ1v) is 2.82. The standard InChI is InChI=1S/C7H13O/c1-5-6(2)7(3,4)8/h5H,1-4H3/b6-5+. The molecule has 0 bridgehead atoms. The van der Waals surface area contributed by atoms with Crippen LogP contribution < -0.4 is 0 Å². The smallest absolute Gasteiger partial charge is 0.119 e. The van der Waals surface area contributed by atoms with E-state index >= 15 is 0 Å². The van der Waals surface area contributed by atoms with E-state index in [0.29, 0.717) is 0 Å². The van der Waals surface area contributed by atoms with Crippen molar-refractivity contribution in [1.29, 1.82) is 0 Å². The van der Waals surface area contributed by atoms with E-state index in [2.05, 4.69) is 0 Å². The summed E-state index contributed by atoms with van der Waals surface area (Å²) in [5.41, 5.74) is 0.0203. The van der Waals surface area contributed by atoms with Gasteiger partial charge in [0.1, 0.15) is 5.60 Å². The van der Waals surface area contributed by atoms with E-state index in [-0.39, 0.29) is 0 Å². The number of hydrogen-bond acceptors (Lipinski definition) is 0. The predicted octanol–water partition coefficient (Wildman–Crippen LogP) is 2.16. The van der Waals surface area contributed by atoms with Crippen LogP contribution in [0.1, 0.15) is 27.7 Å². The molecule has 0 unspecified atom stereocenters. The van der Waals surface area contributed by atoms with E-state index in [0.717, 1.165) is 5.57 Å². The summed E-state index contributed by atoms with van der Waals surface area (Å²) in [5, 5.41) is 11.0. The molecule has 1 heteroatoms. The topological polar surface area (TPSA) is 19.9 Å². The molecule has 0 rings (SSSR count). The molecule has 0 amide bonds. The van der Waals surface area contributed by atoms with E-state index in [1.807, 2.05) is 19.9 Å². The molecule has 0 fully saturated rings. The van der Waals surface area contributed by atoms with Gasteiger partial charge in [0.15, 0.2) is 0 Å². The van der Waals surface area contributed by atoms with Crippen molar-refractivity contribution in [3.8, 4) is 0 Å². The molecule has 0 aliphatic rings. The van der Waals surface area contributed by atoms with Crippen molar-refractivity contribution < 1.29 is 5.11 Å². The maximum absolute atomic E-state index is 11.0. The van der Waals surface area contributed by atoms with Crippen LogP contribution in [0.2, 0.25) is 0 Å². The van der Waals surface area contributed by atoms with E-state index in [1.165, 1.54) is 0 Å². The van der Waals surface area contributed by atoms with Crippen molar-refractivity contribution in [3.05, 3.63) is 11.6 Å². The highest BCUT2D eigenvalue weighted by atomic mass is 16.3. The van der Waals surface area contributed by atoms with Crippen LogP contribution in [0.4, 0.5) is 0 Å². The summed E-state index contributed by atoms with van der Waals surface area (Å²) < 4.78 is 0. The van der Waals surface area contributed by atoms with Gasteiger partial charge in [0.25, 0.3) is 0 Å². The minimum absolute atomic E-state index is 0.880. The molecule has 0 aromatic rings. The molecule has 0 aliphatic heterocycles. The van der Waals surface area contributed by atoms with Gasteiger partial charge >= 0.3 is 0 Å². The Morgan fingerprint density at radius 2 is 1.88 bits per heavy atom. The van der Waals surface area contributed by atoms with Gasteiger partial charge in [-0.3, -0.25) is 0 Å². The van der Waals surface area contributed by atoms with Gasteiger partial charge in [-0.05, 0) is 33.3 Å². The number of allylic oxidation sites excluding steroid dienone is 1. The monoisotopic (exact) mass is 113 g/mol. The van der Waals surface area contributed by atoms with Crippen LogP contribution in [0.5, 0.6) is 0 Å². The molecule has 47 valence electrons. The van der Waals surface area contributed by atoms with Crippen LogP contribution in [-0.2, 0) is 5.11 Å². The van der Waals surface area contributed by atoms with Crippen LogP contribution in [0.15, 0.2) is 11.6 Å². The summed E-state index contributed by atoms with van der Waals surface area (Å²) in [6.45, 7) is 7.08. The Morgan fingerprint density at radius 1 is 1.50 bits per heavy atom. The van der Waals surface area contributed by atoms with Crippen molar-refractivity contribution in [1.82, 2.24) is 0 Å². The van der Waals surface area contributed by atoms with Crippen LogP contribution in [0, 0.1) is 0 Å². The molecule has 1 nitrogen and oxygen atoms in total. The Kier molecular flexibility index (Phi) is 2.23. The summed E-state index contributed by atoms with van der Waals surface area (Å²) in [6.07, 6.45) is 1.85. The van der Waals surface area contributed by atoms with Gasteiger partial charge in [-0.25, -0.2) is 5.11 Å². The summed E-state index contributed by atoms with van der Waals surface area (Å²) in [7, 11) is 0. The van der Waals surface area contributed by atoms with Crippen molar-refractivity contribution in [2.75, 3.05) is 0 Å². The maximum Gasteiger partial charge on any atom is 0.119 e. The van der Waals surface area contributed by atoms with Gasteiger partial charge in [-0.15, -0.1) is 0 Å². The third-order valence-electron chi connectivity index (χ3n) is 1.38. The van der Waals surface area contributed by atoms with Crippen molar-refractivity contribution in [2.24, 2.45) is 0 Å². The zero-order chi connectivity index (χ0) is 6.78. The van der Waals surface area contributed by atoms with Crippen molar-refractivity contribution in [2.45, 2.75) is 33.3 Å². The van der Waals surface area contributed by atoms with Crippen LogP contribution in [-0.4, -0.2) is 5.60 Å². The lowest BCUT2D eigenvalue weighted by Gasteiger charge is -2.13. The van der Waals surface area contributed by atoms with Crippen LogP contribution in [0.3, 0.4) is 0 Å². The molecular weight excluding hydrogens is 100 g/mol. The number of hydrogen-bond donors (Lipinski definition) is 0. The molecule has 0 saturated heterocycles. The average molecular weight is 113 g/mol. The summed E-state index contributed by atoms with van der Waals surface area (Å²) in [6, 6.07) is 0. The lowest BCUT2D eigenvalue weighted by molar-refractivity contribution is 0.0379. The molecule has 0 N–H and O–H groups in total. The second kappa shape index (κ2) is 2.31. The van der Waals surface area contributed by atoms with E-state index < -0.39 is 5.60 Å². The fourth-order valence-corrected chi connectivity index (χ4v) is 0.348. The van der Waals surface area contributed by atoms with Gasteiger partial charge in [0.05, 0.1) is 0 Å². The molecule has 0 aromatic heterocycles. The van der Waals surface area contributed by atoms with E-state index in [1.54, 1.807) is 13.8 Å². The molecular formula is C7H13O. The van der Waals surface area contributed by atoms with Crippen molar-refractivity contribution in [3.63, 3.8) is 0 Å². The molecule has 0 heterocycles. The first-order chi connectivity index (χ1) is 3.48. The van der Waals surface area contributed by atoms with Crippen molar-refractivity contribution >= 4 is 0 Å². The first kappa shape index (κ1) is 7.70. The largest absolute Gasteiger partial charge is 0.225 e. The minimum atomic E-state index is -0.880. The third-order valence-corrected chi connectivity index (χ3v) is 1.38. The average Bonchev–Trinajstić information content (AvgIpc) is 1.62.